The molecule has 1 aromatic heterocycles. The van der Waals surface area contributed by atoms with Gasteiger partial charge in [0.05, 0.1) is 0 Å². The Kier molecular flexibility index (Phi) is 4.19. The Labute approximate surface area is 141 Å². The number of ether oxygens (including phenoxy) is 1. The third-order valence-electron chi connectivity index (χ3n) is 4.69. The van der Waals surface area contributed by atoms with E-state index in [9.17, 15) is 4.79 Å². The number of hydrogen-bond donors (Lipinski definition) is 1. The van der Waals surface area contributed by atoms with Crippen LogP contribution in [0, 0.1) is 0 Å². The third kappa shape index (κ3) is 3.42. The van der Waals surface area contributed by atoms with Gasteiger partial charge in [-0.25, -0.2) is 0 Å². The van der Waals surface area contributed by atoms with Crippen molar-refractivity contribution in [3.63, 3.8) is 0 Å². The lowest BCUT2D eigenvalue weighted by atomic mass is 10.1. The first-order chi connectivity index (χ1) is 11.8. The highest BCUT2D eigenvalue weighted by molar-refractivity contribution is 5.77. The van der Waals surface area contributed by atoms with Gasteiger partial charge >= 0.3 is 0 Å². The number of aryl methyl sites for hydroxylation is 1. The van der Waals surface area contributed by atoms with Crippen molar-refractivity contribution in [2.24, 2.45) is 0 Å². The molecular weight excluding hydrogens is 304 g/mol. The van der Waals surface area contributed by atoms with E-state index in [0.29, 0.717) is 11.7 Å². The van der Waals surface area contributed by atoms with Crippen LogP contribution in [0.15, 0.2) is 30.3 Å². The molecule has 24 heavy (non-hydrogen) atoms. The monoisotopic (exact) mass is 326 g/mol. The average Bonchev–Trinajstić information content (AvgIpc) is 3.40. The molecule has 2 aromatic rings. The van der Waals surface area contributed by atoms with E-state index in [1.807, 2.05) is 30.3 Å². The van der Waals surface area contributed by atoms with Gasteiger partial charge in [-0.2, -0.15) is 0 Å². The molecule has 1 saturated carbocycles. The van der Waals surface area contributed by atoms with Gasteiger partial charge in [-0.15, -0.1) is 10.2 Å². The number of hydrogen-bond acceptors (Lipinski definition) is 4. The molecule has 126 valence electrons. The zero-order chi connectivity index (χ0) is 16.4. The van der Waals surface area contributed by atoms with E-state index in [2.05, 4.69) is 20.1 Å². The van der Waals surface area contributed by atoms with Gasteiger partial charge in [0.25, 0.3) is 5.91 Å². The molecule has 1 aromatic carbocycles. The van der Waals surface area contributed by atoms with Crippen LogP contribution in [0.4, 0.5) is 0 Å². The normalized spacial score (nSPS) is 20.1. The van der Waals surface area contributed by atoms with E-state index in [1.165, 1.54) is 12.8 Å². The van der Waals surface area contributed by atoms with Gasteiger partial charge in [0.1, 0.15) is 17.4 Å². The molecule has 0 saturated heterocycles. The smallest absolute Gasteiger partial charge is 0.258 e. The lowest BCUT2D eigenvalue weighted by Gasteiger charge is -2.16. The number of fused-ring (bicyclic) bond motifs is 1. The van der Waals surface area contributed by atoms with Gasteiger partial charge in [-0.3, -0.25) is 4.79 Å². The standard InChI is InChI=1S/C18H22N4O2/c23-17(12-24-15-4-2-1-3-5-15)19-14-8-9-16-20-21-18(13-6-7-13)22(16)11-10-14/h1-5,13-14H,6-12H2,(H,19,23). The van der Waals surface area contributed by atoms with Gasteiger partial charge in [-0.1, -0.05) is 18.2 Å². The van der Waals surface area contributed by atoms with Crippen molar-refractivity contribution < 1.29 is 9.53 Å². The van der Waals surface area contributed by atoms with E-state index in [1.54, 1.807) is 0 Å². The number of nitrogens with zero attached hydrogens (tertiary/aromatic N) is 3. The Bertz CT molecular complexity index is 709. The van der Waals surface area contributed by atoms with Crippen molar-refractivity contribution in [2.45, 2.75) is 50.6 Å². The molecule has 1 fully saturated rings. The van der Waals surface area contributed by atoms with Crippen LogP contribution in [-0.4, -0.2) is 33.3 Å². The van der Waals surface area contributed by atoms with Crippen molar-refractivity contribution in [1.82, 2.24) is 20.1 Å². The Morgan fingerprint density at radius 1 is 1.17 bits per heavy atom. The zero-order valence-electron chi connectivity index (χ0n) is 13.6. The molecule has 1 atom stereocenters. The highest BCUT2D eigenvalue weighted by Crippen LogP contribution is 2.39. The van der Waals surface area contributed by atoms with Gasteiger partial charge in [-0.05, 0) is 37.8 Å². The predicted molar refractivity (Wildman–Crippen MR) is 88.8 cm³/mol. The molecule has 1 aliphatic carbocycles. The van der Waals surface area contributed by atoms with Gasteiger partial charge in [0.2, 0.25) is 0 Å². The fraction of sp³-hybridized carbons (Fsp3) is 0.500. The maximum Gasteiger partial charge on any atom is 0.258 e. The molecular formula is C18H22N4O2. The number of amides is 1. The molecule has 0 bridgehead atoms. The molecule has 1 N–H and O–H groups in total. The fourth-order valence-electron chi connectivity index (χ4n) is 3.23. The lowest BCUT2D eigenvalue weighted by molar-refractivity contribution is -0.123. The molecule has 2 heterocycles. The summed E-state index contributed by atoms with van der Waals surface area (Å²) in [5.74, 6) is 3.47. The minimum absolute atomic E-state index is 0.0555. The van der Waals surface area contributed by atoms with Crippen molar-refractivity contribution in [1.29, 1.82) is 0 Å². The molecule has 1 unspecified atom stereocenters. The fourth-order valence-corrected chi connectivity index (χ4v) is 3.23. The second-order valence-corrected chi connectivity index (χ2v) is 6.59. The molecule has 6 nitrogen and oxygen atoms in total. The second-order valence-electron chi connectivity index (χ2n) is 6.59. The van der Waals surface area contributed by atoms with Crippen molar-refractivity contribution in [2.75, 3.05) is 6.61 Å². The van der Waals surface area contributed by atoms with Crippen LogP contribution < -0.4 is 10.1 Å². The number of carbonyl (C=O) groups is 1. The minimum atomic E-state index is -0.0658. The second kappa shape index (κ2) is 6.63. The third-order valence-corrected chi connectivity index (χ3v) is 4.69. The average molecular weight is 326 g/mol. The number of para-hydroxylation sites is 1. The van der Waals surface area contributed by atoms with Crippen LogP contribution in [0.3, 0.4) is 0 Å². The minimum Gasteiger partial charge on any atom is -0.484 e. The zero-order valence-corrected chi connectivity index (χ0v) is 13.6. The summed E-state index contributed by atoms with van der Waals surface area (Å²) in [6, 6.07) is 9.59. The Balaban J connectivity index is 1.29. The summed E-state index contributed by atoms with van der Waals surface area (Å²) in [6.45, 7) is 0.943. The largest absolute Gasteiger partial charge is 0.484 e. The number of carbonyl (C=O) groups excluding carboxylic acids is 1. The quantitative estimate of drug-likeness (QED) is 0.913. The predicted octanol–water partition coefficient (Wildman–Crippen LogP) is 2.06. The maximum absolute atomic E-state index is 12.1. The number of aromatic nitrogens is 3. The van der Waals surface area contributed by atoms with Crippen molar-refractivity contribution in [3.8, 4) is 5.75 Å². The molecule has 0 radical (unpaired) electrons. The maximum atomic E-state index is 12.1. The van der Waals surface area contributed by atoms with E-state index < -0.39 is 0 Å². The summed E-state index contributed by atoms with van der Waals surface area (Å²) in [6.07, 6.45) is 5.15. The molecule has 1 aliphatic heterocycles. The lowest BCUT2D eigenvalue weighted by Crippen LogP contribution is -2.38. The van der Waals surface area contributed by atoms with Crippen LogP contribution >= 0.6 is 0 Å². The molecule has 1 amide bonds. The summed E-state index contributed by atoms with van der Waals surface area (Å²) in [4.78, 5) is 12.1. The summed E-state index contributed by atoms with van der Waals surface area (Å²) in [5.41, 5.74) is 0. The van der Waals surface area contributed by atoms with Crippen molar-refractivity contribution >= 4 is 5.91 Å². The molecule has 6 heteroatoms. The van der Waals surface area contributed by atoms with Crippen molar-refractivity contribution in [3.05, 3.63) is 42.0 Å². The Morgan fingerprint density at radius 3 is 2.79 bits per heavy atom. The van der Waals surface area contributed by atoms with Crippen LogP contribution in [0.5, 0.6) is 5.75 Å². The van der Waals surface area contributed by atoms with Gasteiger partial charge in [0.15, 0.2) is 6.61 Å². The van der Waals surface area contributed by atoms with Crippen LogP contribution in [0.2, 0.25) is 0 Å². The summed E-state index contributed by atoms with van der Waals surface area (Å²) in [7, 11) is 0. The number of nitrogens with one attached hydrogen (secondary N) is 1. The SMILES string of the molecule is O=C(COc1ccccc1)NC1CCc2nnc(C3CC3)n2CC1. The van der Waals surface area contributed by atoms with Crippen LogP contribution in [0.1, 0.15) is 43.3 Å². The molecule has 4 rings (SSSR count). The molecule has 2 aliphatic rings. The van der Waals surface area contributed by atoms with E-state index in [-0.39, 0.29) is 18.6 Å². The van der Waals surface area contributed by atoms with Crippen LogP contribution in [0.25, 0.3) is 0 Å². The van der Waals surface area contributed by atoms with Gasteiger partial charge in [0, 0.05) is 24.9 Å². The summed E-state index contributed by atoms with van der Waals surface area (Å²) in [5, 5.41) is 11.8. The molecule has 0 spiro atoms. The van der Waals surface area contributed by atoms with Crippen LogP contribution in [-0.2, 0) is 17.8 Å². The summed E-state index contributed by atoms with van der Waals surface area (Å²) < 4.78 is 7.77. The van der Waals surface area contributed by atoms with E-state index in [0.717, 1.165) is 37.5 Å². The first kappa shape index (κ1) is 15.2. The van der Waals surface area contributed by atoms with Gasteiger partial charge < -0.3 is 14.6 Å². The first-order valence-corrected chi connectivity index (χ1v) is 8.69. The number of rotatable bonds is 5. The first-order valence-electron chi connectivity index (χ1n) is 8.69. The Hall–Kier alpha value is -2.37. The Morgan fingerprint density at radius 2 is 2.00 bits per heavy atom. The number of benzene rings is 1. The van der Waals surface area contributed by atoms with E-state index >= 15 is 0 Å². The van der Waals surface area contributed by atoms with E-state index in [4.69, 9.17) is 4.74 Å². The highest BCUT2D eigenvalue weighted by Gasteiger charge is 2.31. The highest BCUT2D eigenvalue weighted by atomic mass is 16.5. The summed E-state index contributed by atoms with van der Waals surface area (Å²) >= 11 is 0. The topological polar surface area (TPSA) is 69.0 Å².